The van der Waals surface area contributed by atoms with Crippen LogP contribution in [0.15, 0.2) is 18.2 Å². The predicted molar refractivity (Wildman–Crippen MR) is 91.7 cm³/mol. The van der Waals surface area contributed by atoms with Crippen LogP contribution in [0.4, 0.5) is 11.4 Å². The van der Waals surface area contributed by atoms with Gasteiger partial charge in [0.1, 0.15) is 0 Å². The highest BCUT2D eigenvalue weighted by Crippen LogP contribution is 2.35. The van der Waals surface area contributed by atoms with E-state index in [-0.39, 0.29) is 11.8 Å². The molecule has 3 rings (SSSR count). The first-order valence-corrected chi connectivity index (χ1v) is 8.57. The molecule has 0 aromatic heterocycles. The first-order chi connectivity index (χ1) is 11.1. The number of benzene rings is 1. The molecule has 5 nitrogen and oxygen atoms in total. The molecular formula is C18H25N3O2. The van der Waals surface area contributed by atoms with Gasteiger partial charge < -0.3 is 15.1 Å². The van der Waals surface area contributed by atoms with Gasteiger partial charge in [-0.1, -0.05) is 18.6 Å². The van der Waals surface area contributed by atoms with Crippen molar-refractivity contribution < 1.29 is 9.59 Å². The van der Waals surface area contributed by atoms with Gasteiger partial charge >= 0.3 is 0 Å². The summed E-state index contributed by atoms with van der Waals surface area (Å²) in [5.74, 6) is 0.0538. The maximum absolute atomic E-state index is 12.3. The van der Waals surface area contributed by atoms with Crippen LogP contribution >= 0.6 is 0 Å². The van der Waals surface area contributed by atoms with Gasteiger partial charge in [-0.15, -0.1) is 0 Å². The molecule has 124 valence electrons. The van der Waals surface area contributed by atoms with E-state index < -0.39 is 0 Å². The number of nitrogens with zero attached hydrogens (tertiary/aromatic N) is 2. The van der Waals surface area contributed by atoms with Crippen molar-refractivity contribution in [3.8, 4) is 0 Å². The fourth-order valence-electron chi connectivity index (χ4n) is 3.53. The van der Waals surface area contributed by atoms with Crippen LogP contribution in [0.5, 0.6) is 0 Å². The fourth-order valence-corrected chi connectivity index (χ4v) is 3.53. The quantitative estimate of drug-likeness (QED) is 0.928. The molecule has 0 unspecified atom stereocenters. The minimum absolute atomic E-state index is 0.0266. The van der Waals surface area contributed by atoms with E-state index in [0.717, 1.165) is 43.0 Å². The van der Waals surface area contributed by atoms with Crippen LogP contribution < -0.4 is 10.2 Å². The van der Waals surface area contributed by atoms with Crippen molar-refractivity contribution in [1.82, 2.24) is 4.90 Å². The van der Waals surface area contributed by atoms with Crippen LogP contribution in [0.2, 0.25) is 0 Å². The van der Waals surface area contributed by atoms with Crippen LogP contribution in [-0.2, 0) is 16.0 Å². The monoisotopic (exact) mass is 315 g/mol. The number of likely N-dealkylation sites (tertiary alicyclic amines) is 1. The lowest BCUT2D eigenvalue weighted by Crippen LogP contribution is -2.32. The van der Waals surface area contributed by atoms with Crippen molar-refractivity contribution in [2.75, 3.05) is 36.4 Å². The molecule has 1 aromatic rings. The molecule has 1 N–H and O–H groups in total. The first kappa shape index (κ1) is 16.0. The zero-order valence-electron chi connectivity index (χ0n) is 13.8. The predicted octanol–water partition coefficient (Wildman–Crippen LogP) is 2.41. The molecule has 1 fully saturated rings. The summed E-state index contributed by atoms with van der Waals surface area (Å²) in [5.41, 5.74) is 2.78. The molecule has 2 amide bonds. The molecule has 0 saturated carbocycles. The van der Waals surface area contributed by atoms with E-state index in [1.165, 1.54) is 19.3 Å². The Morgan fingerprint density at radius 3 is 2.65 bits per heavy atom. The lowest BCUT2D eigenvalue weighted by atomic mass is 10.1. The Morgan fingerprint density at radius 2 is 1.91 bits per heavy atom. The van der Waals surface area contributed by atoms with Crippen LogP contribution in [-0.4, -0.2) is 42.9 Å². The molecule has 5 heteroatoms. The Labute approximate surface area is 137 Å². The van der Waals surface area contributed by atoms with Crippen molar-refractivity contribution in [2.24, 2.45) is 0 Å². The van der Waals surface area contributed by atoms with Crippen molar-refractivity contribution >= 4 is 23.2 Å². The highest BCUT2D eigenvalue weighted by Gasteiger charge is 2.25. The van der Waals surface area contributed by atoms with E-state index in [2.05, 4.69) is 10.2 Å². The average molecular weight is 315 g/mol. The third kappa shape index (κ3) is 3.72. The Balaban J connectivity index is 1.63. The number of nitrogens with one attached hydrogen (secondary N) is 1. The topological polar surface area (TPSA) is 52.7 Å². The van der Waals surface area contributed by atoms with Gasteiger partial charge in [0.2, 0.25) is 11.8 Å². The number of rotatable bonds is 4. The largest absolute Gasteiger partial charge is 0.324 e. The van der Waals surface area contributed by atoms with Crippen molar-refractivity contribution in [2.45, 2.75) is 39.0 Å². The second-order valence-electron chi connectivity index (χ2n) is 6.43. The zero-order chi connectivity index (χ0) is 16.2. The van der Waals surface area contributed by atoms with E-state index >= 15 is 0 Å². The summed E-state index contributed by atoms with van der Waals surface area (Å²) < 4.78 is 0. The maximum atomic E-state index is 12.3. The molecule has 0 radical (unpaired) electrons. The zero-order valence-corrected chi connectivity index (χ0v) is 13.8. The fraction of sp³-hybridized carbons (Fsp3) is 0.556. The highest BCUT2D eigenvalue weighted by molar-refractivity contribution is 6.02. The van der Waals surface area contributed by atoms with E-state index in [9.17, 15) is 9.59 Å². The Hall–Kier alpha value is -1.88. The summed E-state index contributed by atoms with van der Waals surface area (Å²) >= 11 is 0. The lowest BCUT2D eigenvalue weighted by Gasteiger charge is -2.26. The van der Waals surface area contributed by atoms with Gasteiger partial charge in [-0.25, -0.2) is 0 Å². The van der Waals surface area contributed by atoms with Crippen LogP contribution in [0.1, 0.15) is 38.2 Å². The maximum Gasteiger partial charge on any atom is 0.225 e. The molecule has 0 spiro atoms. The van der Waals surface area contributed by atoms with Gasteiger partial charge in [0.25, 0.3) is 0 Å². The van der Waals surface area contributed by atoms with Crippen LogP contribution in [0, 0.1) is 0 Å². The molecule has 0 atom stereocenters. The summed E-state index contributed by atoms with van der Waals surface area (Å²) in [4.78, 5) is 28.2. The van der Waals surface area contributed by atoms with E-state index in [4.69, 9.17) is 0 Å². The van der Waals surface area contributed by atoms with Crippen molar-refractivity contribution in [3.05, 3.63) is 23.8 Å². The molecule has 0 bridgehead atoms. The molecule has 2 heterocycles. The highest BCUT2D eigenvalue weighted by atomic mass is 16.2. The molecule has 2 aliphatic rings. The van der Waals surface area contributed by atoms with Gasteiger partial charge in [-0.05, 0) is 44.0 Å². The van der Waals surface area contributed by atoms with Gasteiger partial charge in [-0.2, -0.15) is 0 Å². The van der Waals surface area contributed by atoms with Crippen molar-refractivity contribution in [1.29, 1.82) is 0 Å². The summed E-state index contributed by atoms with van der Waals surface area (Å²) in [5, 5.41) is 3.01. The van der Waals surface area contributed by atoms with E-state index in [1.54, 1.807) is 11.8 Å². The van der Waals surface area contributed by atoms with Crippen LogP contribution in [0.25, 0.3) is 0 Å². The molecule has 2 aliphatic heterocycles. The number of carbonyl (C=O) groups excluding carboxylic acids is 2. The number of para-hydroxylation sites is 1. The second-order valence-corrected chi connectivity index (χ2v) is 6.43. The van der Waals surface area contributed by atoms with E-state index in [1.807, 2.05) is 18.2 Å². The second kappa shape index (κ2) is 7.13. The lowest BCUT2D eigenvalue weighted by molar-refractivity contribution is -0.117. The Bertz CT molecular complexity index is 594. The number of hydrogen-bond acceptors (Lipinski definition) is 3. The minimum atomic E-state index is 0.0266. The first-order valence-electron chi connectivity index (χ1n) is 8.57. The average Bonchev–Trinajstić information content (AvgIpc) is 2.99. The summed E-state index contributed by atoms with van der Waals surface area (Å²) in [6, 6.07) is 5.86. The van der Waals surface area contributed by atoms with Gasteiger partial charge in [-0.3, -0.25) is 9.59 Å². The van der Waals surface area contributed by atoms with Gasteiger partial charge in [0.05, 0.1) is 11.4 Å². The third-order valence-corrected chi connectivity index (χ3v) is 4.75. The van der Waals surface area contributed by atoms with Gasteiger partial charge in [0.15, 0.2) is 0 Å². The number of hydrogen-bond donors (Lipinski definition) is 1. The minimum Gasteiger partial charge on any atom is -0.324 e. The number of fused-ring (bicyclic) bond motifs is 1. The van der Waals surface area contributed by atoms with Crippen molar-refractivity contribution in [3.63, 3.8) is 0 Å². The number of piperidine rings is 1. The molecule has 0 aliphatic carbocycles. The standard InChI is InChI=1S/C18H25N3O2/c1-14(22)21-13-8-15-6-5-7-16(18(15)21)19-17(23)9-12-20-10-3-2-4-11-20/h5-7H,2-4,8-13H2,1H3,(H,19,23). The number of amides is 2. The smallest absolute Gasteiger partial charge is 0.225 e. The Kier molecular flexibility index (Phi) is 4.96. The van der Waals surface area contributed by atoms with E-state index in [0.29, 0.717) is 13.0 Å². The third-order valence-electron chi connectivity index (χ3n) is 4.75. The number of anilines is 2. The summed E-state index contributed by atoms with van der Waals surface area (Å²) in [7, 11) is 0. The van der Waals surface area contributed by atoms with Gasteiger partial charge in [0, 0.05) is 26.4 Å². The molecule has 1 saturated heterocycles. The molecule has 1 aromatic carbocycles. The Morgan fingerprint density at radius 1 is 1.13 bits per heavy atom. The molecule has 23 heavy (non-hydrogen) atoms. The SMILES string of the molecule is CC(=O)N1CCc2cccc(NC(=O)CCN3CCCCC3)c21. The number of carbonyl (C=O) groups is 2. The van der Waals surface area contributed by atoms with Crippen LogP contribution in [0.3, 0.4) is 0 Å². The normalized spacial score (nSPS) is 17.9. The summed E-state index contributed by atoms with van der Waals surface area (Å²) in [6.45, 7) is 5.30. The summed E-state index contributed by atoms with van der Waals surface area (Å²) in [6.07, 6.45) is 5.14. The molecular weight excluding hydrogens is 290 g/mol.